The third-order valence-electron chi connectivity index (χ3n) is 4.53. The van der Waals surface area contributed by atoms with Crippen LogP contribution in [0.4, 0.5) is 5.95 Å². The van der Waals surface area contributed by atoms with Gasteiger partial charge in [0.05, 0.1) is 4.90 Å². The van der Waals surface area contributed by atoms with Crippen molar-refractivity contribution in [3.05, 3.63) is 29.3 Å². The van der Waals surface area contributed by atoms with E-state index in [2.05, 4.69) is 32.3 Å². The Kier molecular flexibility index (Phi) is 5.21. The van der Waals surface area contributed by atoms with Crippen LogP contribution < -0.4 is 4.72 Å². The number of fused-ring (bicyclic) bond motifs is 1. The Morgan fingerprint density at radius 3 is 2.88 bits per heavy atom. The third-order valence-corrected chi connectivity index (χ3v) is 5.85. The number of hydrogen-bond donors (Lipinski definition) is 2. The summed E-state index contributed by atoms with van der Waals surface area (Å²) in [4.78, 5) is 14.5. The van der Waals surface area contributed by atoms with E-state index in [1.165, 1.54) is 0 Å². The highest BCUT2D eigenvalue weighted by molar-refractivity contribution is 7.92. The first-order valence-electron chi connectivity index (χ1n) is 8.57. The van der Waals surface area contributed by atoms with Gasteiger partial charge in [-0.1, -0.05) is 31.4 Å². The van der Waals surface area contributed by atoms with E-state index < -0.39 is 10.0 Å². The Bertz CT molecular complexity index is 881. The van der Waals surface area contributed by atoms with Gasteiger partial charge in [0.25, 0.3) is 16.0 Å². The van der Waals surface area contributed by atoms with E-state index in [0.717, 1.165) is 30.4 Å². The molecule has 0 fully saturated rings. The van der Waals surface area contributed by atoms with Gasteiger partial charge in [-0.2, -0.15) is 5.21 Å². The molecule has 1 aliphatic rings. The molecule has 2 N–H and O–H groups in total. The summed E-state index contributed by atoms with van der Waals surface area (Å²) in [6.07, 6.45) is 2.53. The molecule has 9 nitrogen and oxygen atoms in total. The van der Waals surface area contributed by atoms with E-state index >= 15 is 0 Å². The monoisotopic (exact) mass is 378 g/mol. The second-order valence-electron chi connectivity index (χ2n) is 6.47. The standard InChI is InChI=1S/C16H22N6O3S/c1-3-4-11(2)15(23)22-8-7-12-5-6-14(9-13(12)10-22)26(24,25)19-16-17-20-21-18-16/h5-6,9,11H,3-4,7-8,10H2,1-2H3,(H2,17,18,19,20,21)/t11-/m0/s1. The summed E-state index contributed by atoms with van der Waals surface area (Å²) in [7, 11) is -3.82. The molecule has 26 heavy (non-hydrogen) atoms. The fourth-order valence-electron chi connectivity index (χ4n) is 3.14. The molecule has 0 spiro atoms. The van der Waals surface area contributed by atoms with Crippen molar-refractivity contribution in [2.45, 2.75) is 44.6 Å². The summed E-state index contributed by atoms with van der Waals surface area (Å²) in [5, 5.41) is 12.7. The lowest BCUT2D eigenvalue weighted by Crippen LogP contribution is -2.39. The zero-order valence-electron chi connectivity index (χ0n) is 14.8. The number of aromatic amines is 1. The van der Waals surface area contributed by atoms with Gasteiger partial charge in [0.1, 0.15) is 0 Å². The summed E-state index contributed by atoms with van der Waals surface area (Å²) < 4.78 is 27.2. The smallest absolute Gasteiger partial charge is 0.276 e. The molecule has 0 unspecified atom stereocenters. The maximum atomic E-state index is 12.6. The number of H-pyrrole nitrogens is 1. The van der Waals surface area contributed by atoms with Crippen molar-refractivity contribution in [2.75, 3.05) is 11.3 Å². The number of tetrazole rings is 1. The van der Waals surface area contributed by atoms with Gasteiger partial charge in [-0.25, -0.2) is 13.1 Å². The summed E-state index contributed by atoms with van der Waals surface area (Å²) in [5.41, 5.74) is 1.92. The molecule has 0 aliphatic carbocycles. The molecule has 10 heteroatoms. The highest BCUT2D eigenvalue weighted by atomic mass is 32.2. The molecule has 3 rings (SSSR count). The molecule has 0 bridgehead atoms. The lowest BCUT2D eigenvalue weighted by Gasteiger charge is -2.31. The summed E-state index contributed by atoms with van der Waals surface area (Å²) in [6.45, 7) is 5.08. The number of anilines is 1. The van der Waals surface area contributed by atoms with E-state index in [9.17, 15) is 13.2 Å². The summed E-state index contributed by atoms with van der Waals surface area (Å²) in [5.74, 6) is -0.0167. The molecule has 1 amide bonds. The van der Waals surface area contributed by atoms with Crippen LogP contribution in [0.3, 0.4) is 0 Å². The van der Waals surface area contributed by atoms with Crippen molar-refractivity contribution in [3.63, 3.8) is 0 Å². The van der Waals surface area contributed by atoms with E-state index in [1.54, 1.807) is 18.2 Å². The topological polar surface area (TPSA) is 121 Å². The number of carbonyl (C=O) groups is 1. The second kappa shape index (κ2) is 7.40. The van der Waals surface area contributed by atoms with E-state index in [-0.39, 0.29) is 22.7 Å². The normalized spacial score (nSPS) is 15.4. The van der Waals surface area contributed by atoms with Crippen molar-refractivity contribution in [1.29, 1.82) is 0 Å². The number of sulfonamides is 1. The fraction of sp³-hybridized carbons (Fsp3) is 0.500. The number of hydrogen-bond acceptors (Lipinski definition) is 6. The van der Waals surface area contributed by atoms with Crippen LogP contribution in [0.1, 0.15) is 37.8 Å². The first-order valence-corrected chi connectivity index (χ1v) is 10.1. The van der Waals surface area contributed by atoms with Crippen molar-refractivity contribution >= 4 is 21.9 Å². The van der Waals surface area contributed by atoms with Crippen molar-refractivity contribution < 1.29 is 13.2 Å². The van der Waals surface area contributed by atoms with Crippen LogP contribution in [0.25, 0.3) is 0 Å². The first-order chi connectivity index (χ1) is 12.4. The average Bonchev–Trinajstić information content (AvgIpc) is 3.12. The molecule has 1 aromatic heterocycles. The van der Waals surface area contributed by atoms with Gasteiger partial charge in [0.15, 0.2) is 0 Å². The average molecular weight is 378 g/mol. The molecule has 2 heterocycles. The lowest BCUT2D eigenvalue weighted by atomic mass is 9.97. The van der Waals surface area contributed by atoms with Crippen LogP contribution in [0.15, 0.2) is 23.1 Å². The van der Waals surface area contributed by atoms with Crippen molar-refractivity contribution in [2.24, 2.45) is 5.92 Å². The van der Waals surface area contributed by atoms with Gasteiger partial charge in [-0.15, -0.1) is 5.10 Å². The van der Waals surface area contributed by atoms with Gasteiger partial charge in [-0.3, -0.25) is 4.79 Å². The van der Waals surface area contributed by atoms with Gasteiger partial charge in [0, 0.05) is 19.0 Å². The molecule has 0 radical (unpaired) electrons. The summed E-state index contributed by atoms with van der Waals surface area (Å²) >= 11 is 0. The maximum absolute atomic E-state index is 12.6. The third kappa shape index (κ3) is 3.85. The highest BCUT2D eigenvalue weighted by Crippen LogP contribution is 2.25. The van der Waals surface area contributed by atoms with Crippen LogP contribution in [0.5, 0.6) is 0 Å². The number of rotatable bonds is 6. The molecular formula is C16H22N6O3S. The van der Waals surface area contributed by atoms with E-state index in [4.69, 9.17) is 0 Å². The molecule has 0 saturated carbocycles. The van der Waals surface area contributed by atoms with Crippen LogP contribution in [0.2, 0.25) is 0 Å². The van der Waals surface area contributed by atoms with Crippen LogP contribution >= 0.6 is 0 Å². The Balaban J connectivity index is 1.80. The minimum Gasteiger partial charge on any atom is -0.338 e. The second-order valence-corrected chi connectivity index (χ2v) is 8.15. The summed E-state index contributed by atoms with van der Waals surface area (Å²) in [6, 6.07) is 4.97. The molecule has 0 saturated heterocycles. The number of nitrogens with one attached hydrogen (secondary N) is 2. The number of carbonyl (C=O) groups excluding carboxylic acids is 1. The predicted molar refractivity (Wildman–Crippen MR) is 94.6 cm³/mol. The predicted octanol–water partition coefficient (Wildman–Crippen LogP) is 1.32. The molecule has 1 aliphatic heterocycles. The van der Waals surface area contributed by atoms with Crippen molar-refractivity contribution in [1.82, 2.24) is 25.5 Å². The zero-order valence-corrected chi connectivity index (χ0v) is 15.6. The lowest BCUT2D eigenvalue weighted by molar-refractivity contribution is -0.136. The number of aromatic nitrogens is 4. The molecule has 2 aromatic rings. The fourth-order valence-corrected chi connectivity index (χ4v) is 4.13. The molecular weight excluding hydrogens is 356 g/mol. The van der Waals surface area contributed by atoms with Crippen LogP contribution in [0, 0.1) is 5.92 Å². The molecule has 1 aromatic carbocycles. The number of amides is 1. The highest BCUT2D eigenvalue weighted by Gasteiger charge is 2.26. The van der Waals surface area contributed by atoms with Crippen LogP contribution in [-0.2, 0) is 27.8 Å². The van der Waals surface area contributed by atoms with E-state index in [0.29, 0.717) is 13.1 Å². The first kappa shape index (κ1) is 18.3. The Hall–Kier alpha value is -2.49. The van der Waals surface area contributed by atoms with Gasteiger partial charge in [-0.05, 0) is 41.3 Å². The minimum atomic E-state index is -3.82. The number of benzene rings is 1. The molecule has 1 atom stereocenters. The van der Waals surface area contributed by atoms with Crippen molar-refractivity contribution in [3.8, 4) is 0 Å². The Morgan fingerprint density at radius 2 is 2.19 bits per heavy atom. The van der Waals surface area contributed by atoms with Gasteiger partial charge in [0.2, 0.25) is 5.91 Å². The number of nitrogens with zero attached hydrogens (tertiary/aromatic N) is 4. The van der Waals surface area contributed by atoms with Gasteiger partial charge < -0.3 is 4.90 Å². The largest absolute Gasteiger partial charge is 0.338 e. The zero-order chi connectivity index (χ0) is 18.7. The Morgan fingerprint density at radius 1 is 1.38 bits per heavy atom. The van der Waals surface area contributed by atoms with Crippen LogP contribution in [-0.4, -0.2) is 46.4 Å². The SMILES string of the molecule is CCC[C@H](C)C(=O)N1CCc2ccc(S(=O)(=O)Nc3nn[nH]n3)cc2C1. The Labute approximate surface area is 152 Å². The quantitative estimate of drug-likeness (QED) is 0.782. The van der Waals surface area contributed by atoms with E-state index in [1.807, 2.05) is 11.8 Å². The van der Waals surface area contributed by atoms with Gasteiger partial charge >= 0.3 is 0 Å². The molecule has 140 valence electrons. The maximum Gasteiger partial charge on any atom is 0.276 e. The minimum absolute atomic E-state index is 0.0200.